The van der Waals surface area contributed by atoms with E-state index < -0.39 is 22.7 Å². The average Bonchev–Trinajstić information content (AvgIpc) is 3.06. The maximum Gasteiger partial charge on any atom is 0.288 e. The summed E-state index contributed by atoms with van der Waals surface area (Å²) in [6, 6.07) is 10.1. The van der Waals surface area contributed by atoms with Crippen molar-refractivity contribution in [2.45, 2.75) is 17.6 Å². The van der Waals surface area contributed by atoms with Gasteiger partial charge in [0.05, 0.1) is 22.7 Å². The predicted octanol–water partition coefficient (Wildman–Crippen LogP) is 3.83. The van der Waals surface area contributed by atoms with Crippen LogP contribution in [-0.4, -0.2) is 26.0 Å². The van der Waals surface area contributed by atoms with E-state index in [1.807, 2.05) is 0 Å². The molecule has 3 aromatic rings. The van der Waals surface area contributed by atoms with Crippen LogP contribution in [0.1, 0.15) is 12.0 Å². The second-order valence-electron chi connectivity index (χ2n) is 6.23. The number of hydrogen-bond donors (Lipinski definition) is 3. The van der Waals surface area contributed by atoms with E-state index in [2.05, 4.69) is 33.1 Å². The number of primary sulfonamides is 1. The minimum atomic E-state index is -3.79. The number of nitrogens with zero attached hydrogens (tertiary/aromatic N) is 1. The Balaban J connectivity index is 1.86. The highest BCUT2D eigenvalue weighted by Crippen LogP contribution is 2.35. The predicted molar refractivity (Wildman–Crippen MR) is 113 cm³/mol. The molecule has 1 aromatic heterocycles. The first-order valence-corrected chi connectivity index (χ1v) is 10.8. The van der Waals surface area contributed by atoms with Gasteiger partial charge in [-0.15, -0.1) is 0 Å². The van der Waals surface area contributed by atoms with Crippen LogP contribution in [0, 0.1) is 11.8 Å². The Morgan fingerprint density at radius 2 is 1.80 bits per heavy atom. The van der Waals surface area contributed by atoms with Gasteiger partial charge in [-0.2, -0.15) is 0 Å². The van der Waals surface area contributed by atoms with Crippen LogP contribution in [0.5, 0.6) is 0 Å². The van der Waals surface area contributed by atoms with Crippen molar-refractivity contribution in [1.82, 2.24) is 4.57 Å². The van der Waals surface area contributed by atoms with Gasteiger partial charge in [-0.25, -0.2) is 26.7 Å². The molecule has 0 saturated carbocycles. The van der Waals surface area contributed by atoms with Crippen molar-refractivity contribution in [1.29, 1.82) is 0 Å². The average molecular weight is 501 g/mol. The van der Waals surface area contributed by atoms with Crippen molar-refractivity contribution >= 4 is 48.2 Å². The van der Waals surface area contributed by atoms with Crippen molar-refractivity contribution in [2.24, 2.45) is 5.14 Å². The number of anilines is 2. The van der Waals surface area contributed by atoms with Crippen molar-refractivity contribution in [3.8, 4) is 11.8 Å². The number of nitrogens with one attached hydrogen (secondary N) is 1. The Labute approximate surface area is 179 Å². The van der Waals surface area contributed by atoms with Crippen LogP contribution < -0.4 is 16.2 Å². The van der Waals surface area contributed by atoms with Crippen LogP contribution in [0.25, 0.3) is 10.9 Å². The smallest absolute Gasteiger partial charge is 0.288 e. The van der Waals surface area contributed by atoms with Crippen LogP contribution in [-0.2, 0) is 10.0 Å². The summed E-state index contributed by atoms with van der Waals surface area (Å²) in [5.41, 5.74) is 7.07. The lowest BCUT2D eigenvalue weighted by Crippen LogP contribution is -2.14. The fourth-order valence-corrected chi connectivity index (χ4v) is 3.77. The largest absolute Gasteiger partial charge is 0.398 e. The van der Waals surface area contributed by atoms with Gasteiger partial charge in [0, 0.05) is 21.2 Å². The minimum absolute atomic E-state index is 0.0329. The molecule has 2 aromatic carbocycles. The zero-order valence-electron chi connectivity index (χ0n) is 15.2. The highest BCUT2D eigenvalue weighted by Gasteiger charge is 2.26. The topological polar surface area (TPSA) is 103 Å². The molecule has 0 fully saturated rings. The Hall–Kier alpha value is -2.68. The molecule has 1 atom stereocenters. The number of sulfonamides is 1. The zero-order valence-corrected chi connectivity index (χ0v) is 17.6. The molecule has 30 heavy (non-hydrogen) atoms. The van der Waals surface area contributed by atoms with E-state index in [-0.39, 0.29) is 22.7 Å². The molecule has 0 bridgehead atoms. The number of alkyl halides is 3. The van der Waals surface area contributed by atoms with E-state index in [1.165, 1.54) is 42.5 Å². The molecule has 0 spiro atoms. The summed E-state index contributed by atoms with van der Waals surface area (Å²) in [4.78, 5) is -0.0329. The molecule has 158 valence electrons. The molecule has 11 heteroatoms. The van der Waals surface area contributed by atoms with Crippen LogP contribution in [0.15, 0.2) is 51.8 Å². The second kappa shape index (κ2) is 8.59. The third-order valence-corrected chi connectivity index (χ3v) is 6.04. The number of fused-ring (bicyclic) bond motifs is 1. The van der Waals surface area contributed by atoms with Crippen molar-refractivity contribution in [2.75, 3.05) is 17.6 Å². The molecule has 0 aliphatic carbocycles. The molecule has 5 N–H and O–H groups in total. The summed E-state index contributed by atoms with van der Waals surface area (Å²) in [5.74, 6) is 5.43. The number of nitrogens with two attached hydrogens (primary N) is 2. The van der Waals surface area contributed by atoms with E-state index >= 15 is 0 Å². The summed E-state index contributed by atoms with van der Waals surface area (Å²) in [7, 11) is -3.79. The third kappa shape index (κ3) is 4.56. The maximum absolute atomic E-state index is 14.2. The van der Waals surface area contributed by atoms with Crippen LogP contribution in [0.2, 0.25) is 0 Å². The summed E-state index contributed by atoms with van der Waals surface area (Å²) in [6.07, 6.45) is -5.80. The zero-order chi connectivity index (χ0) is 22.1. The minimum Gasteiger partial charge on any atom is -0.398 e. The number of rotatable bonds is 5. The molecule has 6 nitrogen and oxygen atoms in total. The quantitative estimate of drug-likeness (QED) is 0.365. The molecular weight excluding hydrogens is 485 g/mol. The van der Waals surface area contributed by atoms with Gasteiger partial charge < -0.3 is 11.1 Å². The van der Waals surface area contributed by atoms with E-state index in [1.54, 1.807) is 0 Å². The van der Waals surface area contributed by atoms with Crippen molar-refractivity contribution in [3.63, 3.8) is 0 Å². The fraction of sp³-hybridized carbons (Fsp3) is 0.158. The van der Waals surface area contributed by atoms with Crippen molar-refractivity contribution in [3.05, 3.63) is 52.6 Å². The highest BCUT2D eigenvalue weighted by atomic mass is 79.9. The van der Waals surface area contributed by atoms with Gasteiger partial charge in [0.15, 0.2) is 0 Å². The molecule has 0 aliphatic heterocycles. The van der Waals surface area contributed by atoms with E-state index in [9.17, 15) is 21.6 Å². The number of nitrogen functional groups attached to an aromatic ring is 1. The maximum atomic E-state index is 14.2. The van der Waals surface area contributed by atoms with Gasteiger partial charge in [-0.1, -0.05) is 5.92 Å². The number of hydrogen-bond acceptors (Lipinski definition) is 4. The van der Waals surface area contributed by atoms with Crippen LogP contribution in [0.4, 0.5) is 24.5 Å². The summed E-state index contributed by atoms with van der Waals surface area (Å²) in [5, 5.41) is 8.43. The third-order valence-electron chi connectivity index (χ3n) is 4.22. The van der Waals surface area contributed by atoms with Crippen LogP contribution in [0.3, 0.4) is 0 Å². The lowest BCUT2D eigenvalue weighted by atomic mass is 10.2. The molecule has 3 rings (SSSR count). The lowest BCUT2D eigenvalue weighted by molar-refractivity contribution is 0.0102. The van der Waals surface area contributed by atoms with Crippen molar-refractivity contribution < 1.29 is 21.6 Å². The van der Waals surface area contributed by atoms with E-state index in [0.29, 0.717) is 21.2 Å². The van der Waals surface area contributed by atoms with Gasteiger partial charge >= 0.3 is 0 Å². The monoisotopic (exact) mass is 500 g/mol. The summed E-state index contributed by atoms with van der Waals surface area (Å²) < 4.78 is 64.2. The first kappa shape index (κ1) is 22.0. The Morgan fingerprint density at radius 1 is 1.13 bits per heavy atom. The van der Waals surface area contributed by atoms with Gasteiger partial charge in [0.2, 0.25) is 16.3 Å². The van der Waals surface area contributed by atoms with Gasteiger partial charge in [0.25, 0.3) is 6.43 Å². The number of benzene rings is 2. The molecule has 1 unspecified atom stereocenters. The van der Waals surface area contributed by atoms with Crippen LogP contribution >= 0.6 is 15.9 Å². The van der Waals surface area contributed by atoms with Gasteiger partial charge in [-0.05, 0) is 64.3 Å². The molecule has 0 radical (unpaired) electrons. The first-order valence-electron chi connectivity index (χ1n) is 8.46. The normalized spacial score (nSPS) is 12.6. The first-order chi connectivity index (χ1) is 14.1. The molecule has 1 heterocycles. The number of halogens is 4. The second-order valence-corrected chi connectivity index (χ2v) is 8.59. The molecule has 0 amide bonds. The summed E-state index contributed by atoms with van der Waals surface area (Å²) in [6.45, 7) is 0.102. The Bertz CT molecular complexity index is 1250. The molecule has 0 saturated heterocycles. The molecule has 0 aliphatic rings. The standard InChI is InChI=1S/C19H16BrF3N4O2S/c20-17-14-10-12(27(19(23)18(21)22)16(14)8-7-15(17)24)2-1-9-26-11-3-5-13(6-4-11)30(25,28)29/h3-8,10,18-19,26H,9,24H2,(H2,25,28,29). The van der Waals surface area contributed by atoms with Gasteiger partial charge in [-0.3, -0.25) is 4.57 Å². The fourth-order valence-electron chi connectivity index (χ4n) is 2.80. The number of aromatic nitrogens is 1. The Kier molecular flexibility index (Phi) is 6.30. The van der Waals surface area contributed by atoms with E-state index in [4.69, 9.17) is 10.9 Å². The van der Waals surface area contributed by atoms with Gasteiger partial charge in [0.1, 0.15) is 0 Å². The molecular formula is C19H16BrF3N4O2S. The summed E-state index contributed by atoms with van der Waals surface area (Å²) >= 11 is 3.29. The van der Waals surface area contributed by atoms with E-state index in [0.717, 1.165) is 4.57 Å². The Morgan fingerprint density at radius 3 is 2.40 bits per heavy atom. The highest BCUT2D eigenvalue weighted by molar-refractivity contribution is 9.10. The lowest BCUT2D eigenvalue weighted by Gasteiger charge is -2.13. The SMILES string of the molecule is Nc1ccc2c(cc(C#CCNc3ccc(S(N)(=O)=O)cc3)n2C(F)C(F)F)c1Br.